The normalized spacial score (nSPS) is 13.6. The van der Waals surface area contributed by atoms with Gasteiger partial charge in [-0.1, -0.05) is 41.1 Å². The van der Waals surface area contributed by atoms with Crippen molar-refractivity contribution in [2.45, 2.75) is 31.8 Å². The fourth-order valence-corrected chi connectivity index (χ4v) is 4.53. The SMILES string of the molecule is Cc1ccc(SC2=C(Nc3ccc(F)c(Cl)c3)C(=O)N(c3ccc(C(=O)OC(C)C)cc3)C2=O)cc1. The quantitative estimate of drug-likeness (QED) is 0.287. The molecule has 0 atom stereocenters. The Hall–Kier alpha value is -3.62. The van der Waals surface area contributed by atoms with Crippen LogP contribution in [0, 0.1) is 12.7 Å². The monoisotopic (exact) mass is 524 g/mol. The number of thioether (sulfide) groups is 1. The van der Waals surface area contributed by atoms with Gasteiger partial charge in [0.2, 0.25) is 0 Å². The molecule has 4 rings (SSSR count). The molecule has 0 aromatic heterocycles. The van der Waals surface area contributed by atoms with Gasteiger partial charge in [-0.25, -0.2) is 14.1 Å². The molecule has 0 saturated heterocycles. The van der Waals surface area contributed by atoms with Crippen LogP contribution in [0.1, 0.15) is 29.8 Å². The van der Waals surface area contributed by atoms with Crippen molar-refractivity contribution in [1.82, 2.24) is 0 Å². The lowest BCUT2D eigenvalue weighted by atomic mass is 10.2. The lowest BCUT2D eigenvalue weighted by Gasteiger charge is -2.16. The number of aryl methyl sites for hydroxylation is 1. The van der Waals surface area contributed by atoms with E-state index >= 15 is 0 Å². The van der Waals surface area contributed by atoms with Crippen LogP contribution in [0.3, 0.4) is 0 Å². The maximum absolute atomic E-state index is 13.7. The summed E-state index contributed by atoms with van der Waals surface area (Å²) in [5.74, 6) is -2.22. The summed E-state index contributed by atoms with van der Waals surface area (Å²) in [6, 6.07) is 17.5. The first kappa shape index (κ1) is 25.5. The first-order valence-corrected chi connectivity index (χ1v) is 12.2. The Morgan fingerprint density at radius 1 is 1.00 bits per heavy atom. The average molecular weight is 525 g/mol. The van der Waals surface area contributed by atoms with Crippen molar-refractivity contribution < 1.29 is 23.5 Å². The van der Waals surface area contributed by atoms with E-state index in [2.05, 4.69) is 5.32 Å². The Kier molecular flexibility index (Phi) is 7.47. The summed E-state index contributed by atoms with van der Waals surface area (Å²) < 4.78 is 18.8. The van der Waals surface area contributed by atoms with E-state index in [0.717, 1.165) is 27.1 Å². The number of ether oxygens (including phenoxy) is 1. The number of carbonyl (C=O) groups is 3. The molecule has 1 N–H and O–H groups in total. The van der Waals surface area contributed by atoms with Crippen LogP contribution in [0.15, 0.2) is 82.2 Å². The van der Waals surface area contributed by atoms with Crippen LogP contribution in [0.25, 0.3) is 0 Å². The third kappa shape index (κ3) is 5.45. The topological polar surface area (TPSA) is 75.7 Å². The van der Waals surface area contributed by atoms with Gasteiger partial charge in [-0.2, -0.15) is 0 Å². The van der Waals surface area contributed by atoms with Gasteiger partial charge in [0.15, 0.2) is 0 Å². The van der Waals surface area contributed by atoms with E-state index in [0.29, 0.717) is 16.9 Å². The first-order valence-electron chi connectivity index (χ1n) is 11.0. The Bertz CT molecular complexity index is 1370. The predicted molar refractivity (Wildman–Crippen MR) is 139 cm³/mol. The van der Waals surface area contributed by atoms with E-state index < -0.39 is 23.6 Å². The van der Waals surface area contributed by atoms with Gasteiger partial charge in [0.1, 0.15) is 16.4 Å². The molecule has 0 bridgehead atoms. The summed E-state index contributed by atoms with van der Waals surface area (Å²) in [6.07, 6.45) is -0.280. The molecule has 1 aliphatic heterocycles. The fourth-order valence-electron chi connectivity index (χ4n) is 3.42. The van der Waals surface area contributed by atoms with Crippen LogP contribution in [-0.4, -0.2) is 23.9 Å². The molecule has 1 aliphatic rings. The van der Waals surface area contributed by atoms with Gasteiger partial charge < -0.3 is 10.1 Å². The van der Waals surface area contributed by atoms with E-state index in [4.69, 9.17) is 16.3 Å². The molecule has 3 aromatic rings. The van der Waals surface area contributed by atoms with Crippen molar-refractivity contribution in [2.24, 2.45) is 0 Å². The number of halogens is 2. The largest absolute Gasteiger partial charge is 0.459 e. The van der Waals surface area contributed by atoms with E-state index in [-0.39, 0.29) is 21.7 Å². The number of hydrogen-bond donors (Lipinski definition) is 1. The highest BCUT2D eigenvalue weighted by atomic mass is 35.5. The minimum Gasteiger partial charge on any atom is -0.459 e. The van der Waals surface area contributed by atoms with Gasteiger partial charge in [-0.3, -0.25) is 9.59 Å². The number of rotatable bonds is 7. The summed E-state index contributed by atoms with van der Waals surface area (Å²) in [5.41, 5.74) is 2.04. The number of hydrogen-bond acceptors (Lipinski definition) is 6. The summed E-state index contributed by atoms with van der Waals surface area (Å²) in [6.45, 7) is 5.44. The molecule has 0 spiro atoms. The Labute approximate surface area is 217 Å². The second-order valence-electron chi connectivity index (χ2n) is 8.32. The van der Waals surface area contributed by atoms with Gasteiger partial charge in [-0.05, 0) is 75.4 Å². The molecule has 6 nitrogen and oxygen atoms in total. The Morgan fingerprint density at radius 3 is 2.28 bits per heavy atom. The second-order valence-corrected chi connectivity index (χ2v) is 9.81. The summed E-state index contributed by atoms with van der Waals surface area (Å²) in [4.78, 5) is 41.1. The Balaban J connectivity index is 1.68. The molecule has 9 heteroatoms. The number of benzene rings is 3. The minimum atomic E-state index is -0.600. The first-order chi connectivity index (χ1) is 17.1. The molecule has 0 fully saturated rings. The van der Waals surface area contributed by atoms with Crippen LogP contribution in [0.2, 0.25) is 5.02 Å². The molecule has 184 valence electrons. The molecule has 36 heavy (non-hydrogen) atoms. The number of carbonyl (C=O) groups excluding carboxylic acids is 3. The highest BCUT2D eigenvalue weighted by Gasteiger charge is 2.40. The van der Waals surface area contributed by atoms with Crippen LogP contribution >= 0.6 is 23.4 Å². The number of esters is 1. The zero-order valence-corrected chi connectivity index (χ0v) is 21.2. The zero-order chi connectivity index (χ0) is 26.0. The lowest BCUT2D eigenvalue weighted by Crippen LogP contribution is -2.32. The smallest absolute Gasteiger partial charge is 0.338 e. The summed E-state index contributed by atoms with van der Waals surface area (Å²) in [5, 5.41) is 2.82. The highest BCUT2D eigenvalue weighted by molar-refractivity contribution is 8.04. The number of nitrogens with one attached hydrogen (secondary N) is 1. The van der Waals surface area contributed by atoms with E-state index in [9.17, 15) is 18.8 Å². The van der Waals surface area contributed by atoms with Crippen molar-refractivity contribution >= 4 is 52.5 Å². The summed E-state index contributed by atoms with van der Waals surface area (Å²) in [7, 11) is 0. The molecular weight excluding hydrogens is 503 g/mol. The van der Waals surface area contributed by atoms with Crippen molar-refractivity contribution in [3.63, 3.8) is 0 Å². The van der Waals surface area contributed by atoms with Gasteiger partial charge in [-0.15, -0.1) is 0 Å². The predicted octanol–water partition coefficient (Wildman–Crippen LogP) is 6.34. The highest BCUT2D eigenvalue weighted by Crippen LogP contribution is 2.38. The van der Waals surface area contributed by atoms with E-state index in [1.54, 1.807) is 13.8 Å². The van der Waals surface area contributed by atoms with Crippen LogP contribution in [0.4, 0.5) is 15.8 Å². The summed E-state index contributed by atoms with van der Waals surface area (Å²) >= 11 is 7.05. The molecule has 3 aromatic carbocycles. The zero-order valence-electron chi connectivity index (χ0n) is 19.7. The second kappa shape index (κ2) is 10.6. The minimum absolute atomic E-state index is 0.0385. The third-order valence-electron chi connectivity index (χ3n) is 5.18. The van der Waals surface area contributed by atoms with Gasteiger partial charge in [0.05, 0.1) is 22.4 Å². The average Bonchev–Trinajstić information content (AvgIpc) is 3.06. The van der Waals surface area contributed by atoms with E-state index in [1.807, 2.05) is 31.2 Å². The third-order valence-corrected chi connectivity index (χ3v) is 6.56. The standard InChI is InChI=1S/C27H22ClFN2O4S/c1-15(2)35-27(34)17-6-9-19(10-7-17)31-25(32)23(30-18-8-13-22(29)21(28)14-18)24(26(31)33)36-20-11-4-16(3)5-12-20/h4-15,30H,1-3H3. The number of anilines is 2. The van der Waals surface area contributed by atoms with Crippen LogP contribution in [0.5, 0.6) is 0 Å². The molecule has 1 heterocycles. The fraction of sp³-hybridized carbons (Fsp3) is 0.148. The van der Waals surface area contributed by atoms with Gasteiger partial charge >= 0.3 is 5.97 Å². The van der Waals surface area contributed by atoms with E-state index in [1.165, 1.54) is 42.5 Å². The van der Waals surface area contributed by atoms with Crippen molar-refractivity contribution in [3.05, 3.63) is 99.3 Å². The van der Waals surface area contributed by atoms with Crippen molar-refractivity contribution in [3.8, 4) is 0 Å². The van der Waals surface area contributed by atoms with Gasteiger partial charge in [0, 0.05) is 10.6 Å². The molecule has 0 saturated carbocycles. The molecule has 0 aliphatic carbocycles. The lowest BCUT2D eigenvalue weighted by molar-refractivity contribution is -0.120. The maximum atomic E-state index is 13.7. The van der Waals surface area contributed by atoms with Crippen molar-refractivity contribution in [2.75, 3.05) is 10.2 Å². The number of amides is 2. The molecule has 2 amide bonds. The van der Waals surface area contributed by atoms with Crippen molar-refractivity contribution in [1.29, 1.82) is 0 Å². The van der Waals surface area contributed by atoms with Gasteiger partial charge in [0.25, 0.3) is 11.8 Å². The molecular formula is C27H22ClFN2O4S. The Morgan fingerprint density at radius 2 is 1.67 bits per heavy atom. The molecule has 0 unspecified atom stereocenters. The number of nitrogens with zero attached hydrogens (tertiary/aromatic N) is 1. The van der Waals surface area contributed by atoms with Crippen LogP contribution < -0.4 is 10.2 Å². The number of imide groups is 1. The molecule has 0 radical (unpaired) electrons. The van der Waals surface area contributed by atoms with Crippen LogP contribution in [-0.2, 0) is 14.3 Å². The maximum Gasteiger partial charge on any atom is 0.338 e.